The second-order valence-electron chi connectivity index (χ2n) is 5.45. The van der Waals surface area contributed by atoms with Crippen molar-refractivity contribution in [1.29, 1.82) is 0 Å². The number of benzene rings is 1. The molecule has 6 heteroatoms. The van der Waals surface area contributed by atoms with Crippen molar-refractivity contribution in [2.75, 3.05) is 6.54 Å². The minimum atomic E-state index is -3.68. The van der Waals surface area contributed by atoms with Gasteiger partial charge in [0.05, 0.1) is 0 Å². The number of hydrogen-bond acceptors (Lipinski definition) is 3. The third-order valence-electron chi connectivity index (χ3n) is 3.77. The van der Waals surface area contributed by atoms with E-state index in [9.17, 15) is 13.2 Å². The minimum absolute atomic E-state index is 0.0181. The molecule has 1 amide bonds. The fourth-order valence-corrected chi connectivity index (χ4v) is 3.79. The summed E-state index contributed by atoms with van der Waals surface area (Å²) in [5.41, 5.74) is 4.49. The number of carbonyl (C=O) groups excluding carboxylic acids is 1. The smallest absolute Gasteiger partial charge is 0.237 e. The first-order valence-corrected chi connectivity index (χ1v) is 8.83. The molecule has 110 valence electrons. The van der Waals surface area contributed by atoms with Gasteiger partial charge in [0.25, 0.3) is 0 Å². The van der Waals surface area contributed by atoms with Gasteiger partial charge in [-0.1, -0.05) is 17.7 Å². The molecular weight excluding hydrogens is 298 g/mol. The molecule has 1 fully saturated rings. The molecule has 1 aliphatic rings. The highest BCUT2D eigenvalue weighted by Gasteiger charge is 2.37. The monoisotopic (exact) mass is 315 g/mol. The van der Waals surface area contributed by atoms with Gasteiger partial charge in [-0.2, -0.15) is 0 Å². The van der Waals surface area contributed by atoms with Crippen LogP contribution in [-0.4, -0.2) is 31.0 Å². The Bertz CT molecular complexity index is 631. The third-order valence-corrected chi connectivity index (χ3v) is 5.63. The summed E-state index contributed by atoms with van der Waals surface area (Å²) < 4.78 is 22.7. The molecule has 1 heterocycles. The summed E-state index contributed by atoms with van der Waals surface area (Å²) in [6.07, 6.45) is -0.0181. The summed E-state index contributed by atoms with van der Waals surface area (Å²) in [7, 11) is 1.67. The lowest BCUT2D eigenvalue weighted by Gasteiger charge is -2.20. The fraction of sp³-hybridized carbons (Fsp3) is 0.500. The average molecular weight is 316 g/mol. The first kappa shape index (κ1) is 15.3. The predicted octanol–water partition coefficient (Wildman–Crippen LogP) is 2.28. The molecule has 0 aromatic heterocycles. The lowest BCUT2D eigenvalue weighted by molar-refractivity contribution is -0.128. The van der Waals surface area contributed by atoms with Crippen molar-refractivity contribution in [3.05, 3.63) is 34.4 Å². The van der Waals surface area contributed by atoms with Gasteiger partial charge in [-0.3, -0.25) is 4.79 Å². The molecule has 0 aliphatic carbocycles. The molecule has 0 saturated carbocycles. The first-order valence-electron chi connectivity index (χ1n) is 6.46. The highest BCUT2D eigenvalue weighted by atomic mass is 35.7. The van der Waals surface area contributed by atoms with E-state index in [4.69, 9.17) is 10.7 Å². The van der Waals surface area contributed by atoms with E-state index in [2.05, 4.69) is 12.1 Å². The maximum Gasteiger partial charge on any atom is 0.237 e. The summed E-state index contributed by atoms with van der Waals surface area (Å²) in [6.45, 7) is 6.66. The van der Waals surface area contributed by atoms with Crippen LogP contribution in [0.5, 0.6) is 0 Å². The van der Waals surface area contributed by atoms with Crippen LogP contribution in [-0.2, 0) is 20.4 Å². The van der Waals surface area contributed by atoms with Crippen LogP contribution in [0, 0.1) is 20.8 Å². The van der Waals surface area contributed by atoms with Crippen molar-refractivity contribution >= 4 is 25.6 Å². The van der Waals surface area contributed by atoms with Gasteiger partial charge in [-0.05, 0) is 37.5 Å². The molecule has 0 spiro atoms. The van der Waals surface area contributed by atoms with Crippen LogP contribution in [0.4, 0.5) is 0 Å². The van der Waals surface area contributed by atoms with Crippen molar-refractivity contribution in [1.82, 2.24) is 4.90 Å². The van der Waals surface area contributed by atoms with Gasteiger partial charge in [0.15, 0.2) is 0 Å². The molecule has 1 saturated heterocycles. The lowest BCUT2D eigenvalue weighted by Crippen LogP contribution is -2.27. The molecule has 1 aliphatic heterocycles. The van der Waals surface area contributed by atoms with E-state index in [0.29, 0.717) is 6.54 Å². The summed E-state index contributed by atoms with van der Waals surface area (Å²) >= 11 is 0. The number of carbonyl (C=O) groups is 1. The van der Waals surface area contributed by atoms with E-state index in [0.717, 1.165) is 16.7 Å². The van der Waals surface area contributed by atoms with E-state index in [1.807, 2.05) is 20.8 Å². The number of aryl methyl sites for hydroxylation is 3. The van der Waals surface area contributed by atoms with Crippen LogP contribution in [0.25, 0.3) is 0 Å². The van der Waals surface area contributed by atoms with Crippen LogP contribution in [0.1, 0.15) is 28.7 Å². The largest absolute Gasteiger partial charge is 0.337 e. The van der Waals surface area contributed by atoms with Crippen LogP contribution in [0.3, 0.4) is 0 Å². The van der Waals surface area contributed by atoms with E-state index in [1.54, 1.807) is 4.90 Å². The molecule has 0 bridgehead atoms. The number of likely N-dealkylation sites (tertiary alicyclic amines) is 1. The van der Waals surface area contributed by atoms with Crippen molar-refractivity contribution in [2.24, 2.45) is 0 Å². The zero-order valence-electron chi connectivity index (χ0n) is 11.8. The number of hydrogen-bond donors (Lipinski definition) is 0. The van der Waals surface area contributed by atoms with Crippen LogP contribution >= 0.6 is 10.7 Å². The Morgan fingerprint density at radius 3 is 2.25 bits per heavy atom. The number of rotatable bonds is 3. The van der Waals surface area contributed by atoms with Crippen LogP contribution < -0.4 is 0 Å². The molecule has 0 N–H and O–H groups in total. The SMILES string of the molecule is Cc1cc(C)c(CN2CC(S(=O)(=O)Cl)CC2=O)c(C)c1. The Labute approximate surface area is 124 Å². The normalized spacial score (nSPS) is 19.7. The van der Waals surface area contributed by atoms with Crippen molar-refractivity contribution < 1.29 is 13.2 Å². The molecular formula is C14H18ClNO3S. The van der Waals surface area contributed by atoms with Crippen LogP contribution in [0.15, 0.2) is 12.1 Å². The lowest BCUT2D eigenvalue weighted by atomic mass is 9.99. The average Bonchev–Trinajstić information content (AvgIpc) is 2.65. The number of amides is 1. The molecule has 1 unspecified atom stereocenters. The second kappa shape index (κ2) is 5.37. The Balaban J connectivity index is 2.22. The quantitative estimate of drug-likeness (QED) is 0.804. The summed E-state index contributed by atoms with van der Waals surface area (Å²) in [5, 5.41) is -0.789. The summed E-state index contributed by atoms with van der Waals surface area (Å²) in [5.74, 6) is -0.154. The Kier molecular flexibility index (Phi) is 4.12. The van der Waals surface area contributed by atoms with Crippen molar-refractivity contribution in [2.45, 2.75) is 39.0 Å². The van der Waals surface area contributed by atoms with Gasteiger partial charge in [0, 0.05) is 30.2 Å². The van der Waals surface area contributed by atoms with Crippen LogP contribution in [0.2, 0.25) is 0 Å². The Morgan fingerprint density at radius 1 is 1.25 bits per heavy atom. The second-order valence-corrected chi connectivity index (χ2v) is 8.36. The molecule has 4 nitrogen and oxygen atoms in total. The van der Waals surface area contributed by atoms with Gasteiger partial charge in [0.2, 0.25) is 15.0 Å². The molecule has 0 radical (unpaired) electrons. The molecule has 20 heavy (non-hydrogen) atoms. The van der Waals surface area contributed by atoms with Gasteiger partial charge in [0.1, 0.15) is 5.25 Å². The van der Waals surface area contributed by atoms with E-state index in [-0.39, 0.29) is 18.9 Å². The maximum atomic E-state index is 11.9. The molecule has 1 aromatic carbocycles. The van der Waals surface area contributed by atoms with E-state index < -0.39 is 14.3 Å². The van der Waals surface area contributed by atoms with Gasteiger partial charge < -0.3 is 4.90 Å². The van der Waals surface area contributed by atoms with E-state index >= 15 is 0 Å². The molecule has 1 atom stereocenters. The highest BCUT2D eigenvalue weighted by Crippen LogP contribution is 2.25. The highest BCUT2D eigenvalue weighted by molar-refractivity contribution is 8.14. The standard InChI is InChI=1S/C14H18ClNO3S/c1-9-4-10(2)13(11(3)5-9)8-16-7-12(6-14(16)17)20(15,18)19/h4-5,12H,6-8H2,1-3H3. The fourth-order valence-electron chi connectivity index (χ4n) is 2.73. The predicted molar refractivity (Wildman–Crippen MR) is 79.2 cm³/mol. The Hall–Kier alpha value is -1.07. The zero-order valence-corrected chi connectivity index (χ0v) is 13.4. The topological polar surface area (TPSA) is 54.5 Å². The number of nitrogens with zero attached hydrogens (tertiary/aromatic N) is 1. The van der Waals surface area contributed by atoms with Crippen molar-refractivity contribution in [3.8, 4) is 0 Å². The minimum Gasteiger partial charge on any atom is -0.337 e. The van der Waals surface area contributed by atoms with Gasteiger partial charge in [-0.15, -0.1) is 0 Å². The number of halogens is 1. The summed E-state index contributed by atoms with van der Waals surface area (Å²) in [4.78, 5) is 13.5. The molecule has 1 aromatic rings. The first-order chi connectivity index (χ1) is 9.18. The van der Waals surface area contributed by atoms with Gasteiger partial charge >= 0.3 is 0 Å². The zero-order chi connectivity index (χ0) is 15.1. The van der Waals surface area contributed by atoms with Crippen molar-refractivity contribution in [3.63, 3.8) is 0 Å². The Morgan fingerprint density at radius 2 is 1.80 bits per heavy atom. The maximum absolute atomic E-state index is 11.9. The van der Waals surface area contributed by atoms with E-state index in [1.165, 1.54) is 5.56 Å². The molecule has 2 rings (SSSR count). The van der Waals surface area contributed by atoms with Gasteiger partial charge in [-0.25, -0.2) is 8.42 Å². The summed E-state index contributed by atoms with van der Waals surface area (Å²) in [6, 6.07) is 4.14. The third kappa shape index (κ3) is 3.15.